The van der Waals surface area contributed by atoms with Crippen molar-refractivity contribution in [3.8, 4) is 0 Å². The lowest BCUT2D eigenvalue weighted by Crippen LogP contribution is -2.38. The van der Waals surface area contributed by atoms with E-state index in [-0.39, 0.29) is 30.3 Å². The molecule has 2 amide bonds. The SMILES string of the molecule is O=C(CCN1C(=O)CSc2ccccc21)Nc1cc(C(F)(F)F)ccc1N1CCOCC1. The highest BCUT2D eigenvalue weighted by molar-refractivity contribution is 8.00. The van der Waals surface area contributed by atoms with E-state index in [0.29, 0.717) is 32.0 Å². The van der Waals surface area contributed by atoms with Crippen LogP contribution in [0.1, 0.15) is 12.0 Å². The summed E-state index contributed by atoms with van der Waals surface area (Å²) in [7, 11) is 0. The van der Waals surface area contributed by atoms with Crippen LogP contribution in [0.15, 0.2) is 47.4 Å². The van der Waals surface area contributed by atoms with Gasteiger partial charge in [0.2, 0.25) is 11.8 Å². The van der Waals surface area contributed by atoms with Crippen molar-refractivity contribution in [2.24, 2.45) is 0 Å². The molecule has 4 rings (SSSR count). The molecule has 0 spiro atoms. The first kappa shape index (κ1) is 22.5. The summed E-state index contributed by atoms with van der Waals surface area (Å²) in [4.78, 5) is 29.5. The van der Waals surface area contributed by atoms with Gasteiger partial charge in [0.1, 0.15) is 0 Å². The fourth-order valence-corrected chi connectivity index (χ4v) is 4.65. The molecule has 1 N–H and O–H groups in total. The second-order valence-electron chi connectivity index (χ2n) is 7.43. The lowest BCUT2D eigenvalue weighted by molar-refractivity contribution is -0.137. The number of para-hydroxylation sites is 1. The fourth-order valence-electron chi connectivity index (χ4n) is 3.72. The molecule has 2 aliphatic rings. The Balaban J connectivity index is 1.50. The molecule has 10 heteroatoms. The number of hydrogen-bond donors (Lipinski definition) is 1. The van der Waals surface area contributed by atoms with Gasteiger partial charge >= 0.3 is 6.18 Å². The highest BCUT2D eigenvalue weighted by Gasteiger charge is 2.32. The number of anilines is 3. The lowest BCUT2D eigenvalue weighted by Gasteiger charge is -2.31. The summed E-state index contributed by atoms with van der Waals surface area (Å²) in [5, 5.41) is 2.63. The Hall–Kier alpha value is -2.72. The van der Waals surface area contributed by atoms with E-state index in [1.165, 1.54) is 17.8 Å². The number of nitrogens with one attached hydrogen (secondary N) is 1. The van der Waals surface area contributed by atoms with Gasteiger partial charge in [-0.05, 0) is 30.3 Å². The number of fused-ring (bicyclic) bond motifs is 1. The topological polar surface area (TPSA) is 61.9 Å². The van der Waals surface area contributed by atoms with Crippen LogP contribution in [0.2, 0.25) is 0 Å². The fraction of sp³-hybridized carbons (Fsp3) is 0.364. The maximum Gasteiger partial charge on any atom is 0.416 e. The van der Waals surface area contributed by atoms with Gasteiger partial charge in [-0.25, -0.2) is 0 Å². The van der Waals surface area contributed by atoms with Gasteiger partial charge in [-0.15, -0.1) is 11.8 Å². The molecule has 0 bridgehead atoms. The summed E-state index contributed by atoms with van der Waals surface area (Å²) in [6.45, 7) is 2.11. The first-order valence-electron chi connectivity index (χ1n) is 10.2. The first-order valence-corrected chi connectivity index (χ1v) is 11.2. The predicted octanol–water partition coefficient (Wildman–Crippen LogP) is 4.01. The highest BCUT2D eigenvalue weighted by atomic mass is 32.2. The predicted molar refractivity (Wildman–Crippen MR) is 117 cm³/mol. The van der Waals surface area contributed by atoms with Gasteiger partial charge in [-0.2, -0.15) is 13.2 Å². The second-order valence-corrected chi connectivity index (χ2v) is 8.45. The molecular formula is C22H22F3N3O3S. The van der Waals surface area contributed by atoms with Crippen molar-refractivity contribution >= 4 is 40.6 Å². The van der Waals surface area contributed by atoms with Gasteiger partial charge < -0.3 is 19.9 Å². The van der Waals surface area contributed by atoms with E-state index in [2.05, 4.69) is 5.32 Å². The van der Waals surface area contributed by atoms with E-state index in [1.54, 1.807) is 4.90 Å². The third-order valence-electron chi connectivity index (χ3n) is 5.32. The zero-order valence-electron chi connectivity index (χ0n) is 17.2. The quantitative estimate of drug-likeness (QED) is 0.723. The van der Waals surface area contributed by atoms with Gasteiger partial charge in [0.25, 0.3) is 0 Å². The van der Waals surface area contributed by atoms with Crippen LogP contribution in [0.5, 0.6) is 0 Å². The molecule has 0 unspecified atom stereocenters. The number of amides is 2. The molecule has 2 aromatic carbocycles. The van der Waals surface area contributed by atoms with Gasteiger partial charge in [-0.1, -0.05) is 12.1 Å². The number of halogens is 3. The van der Waals surface area contributed by atoms with Crippen LogP contribution in [-0.4, -0.2) is 50.4 Å². The highest BCUT2D eigenvalue weighted by Crippen LogP contribution is 2.37. The molecule has 1 saturated heterocycles. The lowest BCUT2D eigenvalue weighted by atomic mass is 10.1. The average Bonchev–Trinajstić information content (AvgIpc) is 2.78. The Kier molecular flexibility index (Phi) is 6.61. The van der Waals surface area contributed by atoms with Crippen molar-refractivity contribution in [3.05, 3.63) is 48.0 Å². The van der Waals surface area contributed by atoms with Crippen LogP contribution in [0.4, 0.5) is 30.2 Å². The third kappa shape index (κ3) is 5.02. The molecule has 2 aliphatic heterocycles. The molecule has 6 nitrogen and oxygen atoms in total. The number of nitrogens with zero attached hydrogens (tertiary/aromatic N) is 2. The zero-order chi connectivity index (χ0) is 22.7. The van der Waals surface area contributed by atoms with Crippen LogP contribution in [-0.2, 0) is 20.5 Å². The second kappa shape index (κ2) is 9.41. The summed E-state index contributed by atoms with van der Waals surface area (Å²) in [5.41, 5.74) is 0.537. The van der Waals surface area contributed by atoms with Crippen LogP contribution < -0.4 is 15.1 Å². The third-order valence-corrected chi connectivity index (χ3v) is 6.37. The number of benzene rings is 2. The van der Waals surface area contributed by atoms with Gasteiger partial charge in [0.05, 0.1) is 41.6 Å². The molecule has 0 aliphatic carbocycles. The minimum atomic E-state index is -4.52. The molecule has 170 valence electrons. The first-order chi connectivity index (χ1) is 15.3. The van der Waals surface area contributed by atoms with E-state index >= 15 is 0 Å². The number of carbonyl (C=O) groups is 2. The molecule has 0 radical (unpaired) electrons. The monoisotopic (exact) mass is 465 g/mol. The average molecular weight is 465 g/mol. The van der Waals surface area contributed by atoms with Crippen LogP contribution in [0.3, 0.4) is 0 Å². The van der Waals surface area contributed by atoms with Gasteiger partial charge in [-0.3, -0.25) is 9.59 Å². The number of ether oxygens (including phenoxy) is 1. The molecule has 0 aromatic heterocycles. The summed E-state index contributed by atoms with van der Waals surface area (Å²) in [5.74, 6) is -0.273. The molecular weight excluding hydrogens is 443 g/mol. The Morgan fingerprint density at radius 3 is 2.59 bits per heavy atom. The smallest absolute Gasteiger partial charge is 0.378 e. The van der Waals surface area contributed by atoms with Crippen LogP contribution >= 0.6 is 11.8 Å². The van der Waals surface area contributed by atoms with E-state index < -0.39 is 17.6 Å². The van der Waals surface area contributed by atoms with Crippen molar-refractivity contribution in [2.45, 2.75) is 17.5 Å². The molecule has 2 heterocycles. The Bertz CT molecular complexity index is 1010. The molecule has 2 aromatic rings. The number of carbonyl (C=O) groups excluding carboxylic acids is 2. The number of thioether (sulfide) groups is 1. The van der Waals surface area contributed by atoms with Crippen molar-refractivity contribution in [1.82, 2.24) is 0 Å². The number of hydrogen-bond acceptors (Lipinski definition) is 5. The largest absolute Gasteiger partial charge is 0.416 e. The standard InChI is InChI=1S/C22H22F3N3O3S/c23-22(24,25)15-5-6-17(27-9-11-31-12-10-27)16(13-15)26-20(29)7-8-28-18-3-1-2-4-19(18)32-14-21(28)30/h1-6,13H,7-12,14H2,(H,26,29). The molecule has 0 atom stereocenters. The Morgan fingerprint density at radius 1 is 1.09 bits per heavy atom. The van der Waals surface area contributed by atoms with Gasteiger partial charge in [0.15, 0.2) is 0 Å². The number of morpholine rings is 1. The minimum Gasteiger partial charge on any atom is -0.378 e. The molecule has 1 fully saturated rings. The van der Waals surface area contributed by atoms with E-state index in [9.17, 15) is 22.8 Å². The van der Waals surface area contributed by atoms with Crippen molar-refractivity contribution in [1.29, 1.82) is 0 Å². The zero-order valence-corrected chi connectivity index (χ0v) is 18.0. The minimum absolute atomic E-state index is 0.0382. The van der Waals surface area contributed by atoms with E-state index in [4.69, 9.17) is 4.74 Å². The Labute approximate surface area is 187 Å². The molecule has 32 heavy (non-hydrogen) atoms. The normalized spacial score (nSPS) is 16.7. The summed E-state index contributed by atoms with van der Waals surface area (Å²) in [6, 6.07) is 10.8. The maximum absolute atomic E-state index is 13.3. The summed E-state index contributed by atoms with van der Waals surface area (Å²) >= 11 is 1.45. The van der Waals surface area contributed by atoms with Crippen molar-refractivity contribution in [3.63, 3.8) is 0 Å². The summed E-state index contributed by atoms with van der Waals surface area (Å²) < 4.78 is 45.1. The van der Waals surface area contributed by atoms with E-state index in [0.717, 1.165) is 22.7 Å². The molecule has 0 saturated carbocycles. The maximum atomic E-state index is 13.3. The Morgan fingerprint density at radius 2 is 1.84 bits per heavy atom. The van der Waals surface area contributed by atoms with Crippen molar-refractivity contribution in [2.75, 3.05) is 53.7 Å². The number of rotatable bonds is 5. The number of alkyl halides is 3. The van der Waals surface area contributed by atoms with Crippen LogP contribution in [0.25, 0.3) is 0 Å². The van der Waals surface area contributed by atoms with Crippen LogP contribution in [0, 0.1) is 0 Å². The summed E-state index contributed by atoms with van der Waals surface area (Å²) in [6.07, 6.45) is -4.56. The van der Waals surface area contributed by atoms with E-state index in [1.807, 2.05) is 29.2 Å². The van der Waals surface area contributed by atoms with Crippen molar-refractivity contribution < 1.29 is 27.5 Å². The van der Waals surface area contributed by atoms with Gasteiger partial charge in [0, 0.05) is 31.0 Å².